The quantitative estimate of drug-likeness (QED) is 0.803. The molecule has 0 spiro atoms. The van der Waals surface area contributed by atoms with Gasteiger partial charge in [0.15, 0.2) is 0 Å². The number of benzene rings is 1. The van der Waals surface area contributed by atoms with Gasteiger partial charge in [0.05, 0.1) is 6.61 Å². The van der Waals surface area contributed by atoms with Crippen molar-refractivity contribution in [2.75, 3.05) is 6.61 Å². The summed E-state index contributed by atoms with van der Waals surface area (Å²) in [7, 11) is 0. The third-order valence-electron chi connectivity index (χ3n) is 1.81. The number of halogens is 1. The molecule has 0 saturated heterocycles. The SMILES string of the molecule is NC(CCOc1cccc(Cl)c1)C(=O)O. The summed E-state index contributed by atoms with van der Waals surface area (Å²) < 4.78 is 5.28. The van der Waals surface area contributed by atoms with Crippen molar-refractivity contribution in [3.63, 3.8) is 0 Å². The Morgan fingerprint density at radius 3 is 2.93 bits per heavy atom. The highest BCUT2D eigenvalue weighted by atomic mass is 35.5. The molecule has 0 fully saturated rings. The van der Waals surface area contributed by atoms with E-state index in [1.807, 2.05) is 0 Å². The second-order valence-electron chi connectivity index (χ2n) is 3.04. The van der Waals surface area contributed by atoms with Gasteiger partial charge in [-0.15, -0.1) is 0 Å². The summed E-state index contributed by atoms with van der Waals surface area (Å²) in [6, 6.07) is 6.02. The number of carboxylic acid groups (broad SMARTS) is 1. The summed E-state index contributed by atoms with van der Waals surface area (Å²) in [6.45, 7) is 0.258. The molecule has 0 aliphatic rings. The highest BCUT2D eigenvalue weighted by molar-refractivity contribution is 6.30. The number of carbonyl (C=O) groups is 1. The first-order valence-electron chi connectivity index (χ1n) is 4.46. The molecule has 0 heterocycles. The Kier molecular flexibility index (Phi) is 4.39. The monoisotopic (exact) mass is 229 g/mol. The van der Waals surface area contributed by atoms with Gasteiger partial charge in [-0.25, -0.2) is 0 Å². The standard InChI is InChI=1S/C10H12ClNO3/c11-7-2-1-3-8(6-7)15-5-4-9(12)10(13)14/h1-3,6,9H,4-5,12H2,(H,13,14). The highest BCUT2D eigenvalue weighted by Gasteiger charge is 2.10. The van der Waals surface area contributed by atoms with E-state index < -0.39 is 12.0 Å². The second kappa shape index (κ2) is 5.58. The van der Waals surface area contributed by atoms with Crippen molar-refractivity contribution in [3.8, 4) is 5.75 Å². The highest BCUT2D eigenvalue weighted by Crippen LogP contribution is 2.17. The van der Waals surface area contributed by atoms with Crippen molar-refractivity contribution in [3.05, 3.63) is 29.3 Å². The van der Waals surface area contributed by atoms with Gasteiger partial charge in [0.1, 0.15) is 11.8 Å². The van der Waals surface area contributed by atoms with E-state index in [0.29, 0.717) is 10.8 Å². The van der Waals surface area contributed by atoms with Gasteiger partial charge in [-0.1, -0.05) is 17.7 Å². The molecule has 1 aromatic carbocycles. The van der Waals surface area contributed by atoms with Crippen LogP contribution in [-0.4, -0.2) is 23.7 Å². The van der Waals surface area contributed by atoms with Gasteiger partial charge in [-0.3, -0.25) is 4.79 Å². The molecule has 15 heavy (non-hydrogen) atoms. The molecule has 0 bridgehead atoms. The molecule has 0 aromatic heterocycles. The second-order valence-corrected chi connectivity index (χ2v) is 3.48. The summed E-state index contributed by atoms with van der Waals surface area (Å²) in [4.78, 5) is 10.4. The van der Waals surface area contributed by atoms with Crippen molar-refractivity contribution in [1.29, 1.82) is 0 Å². The predicted molar refractivity (Wildman–Crippen MR) is 57.2 cm³/mol. The normalized spacial score (nSPS) is 12.1. The van der Waals surface area contributed by atoms with Crippen molar-refractivity contribution < 1.29 is 14.6 Å². The van der Waals surface area contributed by atoms with Crippen molar-refractivity contribution in [2.45, 2.75) is 12.5 Å². The van der Waals surface area contributed by atoms with E-state index >= 15 is 0 Å². The van der Waals surface area contributed by atoms with Gasteiger partial charge >= 0.3 is 5.97 Å². The zero-order valence-corrected chi connectivity index (χ0v) is 8.78. The molecule has 1 unspecified atom stereocenters. The molecular formula is C10H12ClNO3. The summed E-state index contributed by atoms with van der Waals surface area (Å²) in [5.41, 5.74) is 5.30. The summed E-state index contributed by atoms with van der Waals surface area (Å²) in [5.74, 6) is -0.412. The Hall–Kier alpha value is -1.26. The Labute approximate surface area is 92.6 Å². The van der Waals surface area contributed by atoms with E-state index in [1.165, 1.54) is 0 Å². The van der Waals surface area contributed by atoms with E-state index in [4.69, 9.17) is 27.2 Å². The Balaban J connectivity index is 2.35. The van der Waals surface area contributed by atoms with E-state index in [2.05, 4.69) is 0 Å². The lowest BCUT2D eigenvalue weighted by molar-refractivity contribution is -0.138. The van der Waals surface area contributed by atoms with Crippen molar-refractivity contribution >= 4 is 17.6 Å². The molecule has 0 amide bonds. The Morgan fingerprint density at radius 2 is 2.33 bits per heavy atom. The van der Waals surface area contributed by atoms with Gasteiger partial charge < -0.3 is 15.6 Å². The maximum absolute atomic E-state index is 10.4. The molecule has 3 N–H and O–H groups in total. The van der Waals surface area contributed by atoms with Crippen molar-refractivity contribution in [2.24, 2.45) is 5.73 Å². The lowest BCUT2D eigenvalue weighted by Crippen LogP contribution is -2.31. The average molecular weight is 230 g/mol. The van der Waals surface area contributed by atoms with Gasteiger partial charge in [0.25, 0.3) is 0 Å². The van der Waals surface area contributed by atoms with Crippen LogP contribution >= 0.6 is 11.6 Å². The number of aliphatic carboxylic acids is 1. The lowest BCUT2D eigenvalue weighted by atomic mass is 10.2. The van der Waals surface area contributed by atoms with E-state index in [-0.39, 0.29) is 13.0 Å². The van der Waals surface area contributed by atoms with Crippen LogP contribution in [0.15, 0.2) is 24.3 Å². The fraction of sp³-hybridized carbons (Fsp3) is 0.300. The minimum absolute atomic E-state index is 0.258. The number of carboxylic acids is 1. The largest absolute Gasteiger partial charge is 0.493 e. The van der Waals surface area contributed by atoms with Crippen molar-refractivity contribution in [1.82, 2.24) is 0 Å². The zero-order valence-electron chi connectivity index (χ0n) is 8.02. The maximum atomic E-state index is 10.4. The van der Waals surface area contributed by atoms with E-state index in [9.17, 15) is 4.79 Å². The molecule has 5 heteroatoms. The summed E-state index contributed by atoms with van der Waals surface area (Å²) in [5, 5.41) is 9.10. The smallest absolute Gasteiger partial charge is 0.320 e. The lowest BCUT2D eigenvalue weighted by Gasteiger charge is -2.08. The number of nitrogens with two attached hydrogens (primary N) is 1. The van der Waals surface area contributed by atoms with Crippen LogP contribution in [0.5, 0.6) is 5.75 Å². The fourth-order valence-electron chi connectivity index (χ4n) is 0.984. The number of hydrogen-bond donors (Lipinski definition) is 2. The number of hydrogen-bond acceptors (Lipinski definition) is 3. The zero-order chi connectivity index (χ0) is 11.3. The molecule has 1 rings (SSSR count). The van der Waals surface area contributed by atoms with E-state index in [0.717, 1.165) is 0 Å². The molecule has 1 aromatic rings. The first kappa shape index (κ1) is 11.8. The van der Waals surface area contributed by atoms with Crippen LogP contribution in [-0.2, 0) is 4.79 Å². The molecule has 1 atom stereocenters. The van der Waals surface area contributed by atoms with Crippen LogP contribution in [0, 0.1) is 0 Å². The molecule has 0 saturated carbocycles. The first-order chi connectivity index (χ1) is 7.09. The molecule has 82 valence electrons. The molecule has 0 aliphatic carbocycles. The van der Waals surface area contributed by atoms with Crippen LogP contribution in [0.4, 0.5) is 0 Å². The van der Waals surface area contributed by atoms with Gasteiger partial charge in [-0.05, 0) is 18.2 Å². The van der Waals surface area contributed by atoms with Crippen LogP contribution in [0.1, 0.15) is 6.42 Å². The molecule has 4 nitrogen and oxygen atoms in total. The topological polar surface area (TPSA) is 72.5 Å². The van der Waals surface area contributed by atoms with Gasteiger partial charge in [-0.2, -0.15) is 0 Å². The number of ether oxygens (including phenoxy) is 1. The van der Waals surface area contributed by atoms with Crippen LogP contribution < -0.4 is 10.5 Å². The minimum atomic E-state index is -1.02. The molecule has 0 radical (unpaired) electrons. The van der Waals surface area contributed by atoms with E-state index in [1.54, 1.807) is 24.3 Å². The maximum Gasteiger partial charge on any atom is 0.320 e. The molecular weight excluding hydrogens is 218 g/mol. The third kappa shape index (κ3) is 4.18. The van der Waals surface area contributed by atoms with Gasteiger partial charge in [0.2, 0.25) is 0 Å². The predicted octanol–water partition coefficient (Wildman–Crippen LogP) is 1.52. The number of rotatable bonds is 5. The Bertz CT molecular complexity index is 343. The average Bonchev–Trinajstić information content (AvgIpc) is 2.17. The van der Waals surface area contributed by atoms with Crippen LogP contribution in [0.3, 0.4) is 0 Å². The summed E-state index contributed by atoms with van der Waals surface area (Å²) >= 11 is 5.74. The first-order valence-corrected chi connectivity index (χ1v) is 4.84. The third-order valence-corrected chi connectivity index (χ3v) is 2.05. The minimum Gasteiger partial charge on any atom is -0.493 e. The van der Waals surface area contributed by atoms with Crippen LogP contribution in [0.25, 0.3) is 0 Å². The Morgan fingerprint density at radius 1 is 1.60 bits per heavy atom. The fourth-order valence-corrected chi connectivity index (χ4v) is 1.16. The van der Waals surface area contributed by atoms with Crippen LogP contribution in [0.2, 0.25) is 5.02 Å². The molecule has 0 aliphatic heterocycles. The van der Waals surface area contributed by atoms with Gasteiger partial charge in [0, 0.05) is 11.4 Å². The summed E-state index contributed by atoms with van der Waals surface area (Å²) in [6.07, 6.45) is 0.266.